The molecule has 134 valence electrons. The molecule has 1 aromatic carbocycles. The number of nitrogens with one attached hydrogen (secondary N) is 1. The van der Waals surface area contributed by atoms with Crippen molar-refractivity contribution >= 4 is 5.91 Å². The van der Waals surface area contributed by atoms with E-state index in [1.807, 2.05) is 13.0 Å². The van der Waals surface area contributed by atoms with Crippen LogP contribution in [0.1, 0.15) is 51.5 Å². The lowest BCUT2D eigenvalue weighted by atomic mass is 9.82. The van der Waals surface area contributed by atoms with Crippen LogP contribution in [0, 0.1) is 11.7 Å². The minimum Gasteiger partial charge on any atom is -0.494 e. The normalized spacial score (nSPS) is 18.0. The van der Waals surface area contributed by atoms with E-state index < -0.39 is 11.4 Å². The van der Waals surface area contributed by atoms with Gasteiger partial charge < -0.3 is 14.8 Å². The van der Waals surface area contributed by atoms with Crippen LogP contribution < -0.4 is 10.1 Å². The largest absolute Gasteiger partial charge is 0.494 e. The fraction of sp³-hybridized carbons (Fsp3) is 0.632. The first-order valence-electron chi connectivity index (χ1n) is 8.76. The molecule has 1 aliphatic heterocycles. The summed E-state index contributed by atoms with van der Waals surface area (Å²) in [5.41, 5.74) is 0.211. The van der Waals surface area contributed by atoms with Gasteiger partial charge in [-0.05, 0) is 37.0 Å². The molecule has 1 atom stereocenters. The van der Waals surface area contributed by atoms with E-state index in [1.54, 1.807) is 6.07 Å². The number of hydrogen-bond donors (Lipinski definition) is 1. The van der Waals surface area contributed by atoms with Crippen molar-refractivity contribution in [2.75, 3.05) is 20.3 Å². The molecule has 4 nitrogen and oxygen atoms in total. The molecule has 0 aliphatic carbocycles. The molecule has 1 N–H and O–H groups in total. The Bertz CT molecular complexity index is 556. The number of benzene rings is 1. The zero-order chi connectivity index (χ0) is 17.6. The van der Waals surface area contributed by atoms with Gasteiger partial charge in [0.25, 0.3) is 0 Å². The Labute approximate surface area is 143 Å². The maximum atomic E-state index is 14.2. The second-order valence-corrected chi connectivity index (χ2v) is 6.58. The van der Waals surface area contributed by atoms with Gasteiger partial charge in [0.1, 0.15) is 0 Å². The summed E-state index contributed by atoms with van der Waals surface area (Å²) in [7, 11) is 1.44. The summed E-state index contributed by atoms with van der Waals surface area (Å²) in [4.78, 5) is 12.6. The third-order valence-electron chi connectivity index (χ3n) is 4.85. The van der Waals surface area contributed by atoms with E-state index in [0.717, 1.165) is 24.8 Å². The summed E-state index contributed by atoms with van der Waals surface area (Å²) in [6.07, 6.45) is 4.25. The smallest absolute Gasteiger partial charge is 0.223 e. The number of halogens is 1. The average molecular weight is 337 g/mol. The number of ether oxygens (including phenoxy) is 2. The number of rotatable bonds is 7. The van der Waals surface area contributed by atoms with Crippen molar-refractivity contribution in [2.24, 2.45) is 5.92 Å². The Morgan fingerprint density at radius 3 is 2.71 bits per heavy atom. The van der Waals surface area contributed by atoms with Crippen molar-refractivity contribution in [1.82, 2.24) is 5.32 Å². The van der Waals surface area contributed by atoms with Crippen molar-refractivity contribution in [1.29, 1.82) is 0 Å². The van der Waals surface area contributed by atoms with Crippen molar-refractivity contribution in [2.45, 2.75) is 51.5 Å². The van der Waals surface area contributed by atoms with E-state index in [1.165, 1.54) is 13.2 Å². The Balaban J connectivity index is 2.23. The number of carbonyl (C=O) groups is 1. The van der Waals surface area contributed by atoms with Gasteiger partial charge in [0, 0.05) is 19.1 Å². The minimum absolute atomic E-state index is 0.0292. The van der Waals surface area contributed by atoms with Crippen LogP contribution in [0.15, 0.2) is 18.2 Å². The van der Waals surface area contributed by atoms with Gasteiger partial charge in [-0.1, -0.05) is 32.8 Å². The Morgan fingerprint density at radius 1 is 1.42 bits per heavy atom. The standard InChI is InChI=1S/C19H28FNO3/c1-4-5-6-14(2)18(22)21-19(9-11-24-12-10-19)15-7-8-17(23-3)16(20)13-15/h7-8,13-14H,4-6,9-12H2,1-3H3,(H,21,22)/t14-/m0/s1. The molecule has 1 fully saturated rings. The lowest BCUT2D eigenvalue weighted by molar-refractivity contribution is -0.128. The minimum atomic E-state index is -0.567. The van der Waals surface area contributed by atoms with Crippen molar-refractivity contribution in [3.05, 3.63) is 29.6 Å². The molecule has 1 saturated heterocycles. The Kier molecular flexibility index (Phi) is 6.60. The molecule has 0 saturated carbocycles. The van der Waals surface area contributed by atoms with Gasteiger partial charge in [0.15, 0.2) is 11.6 Å². The summed E-state index contributed by atoms with van der Waals surface area (Å²) in [5, 5.41) is 3.20. The number of amides is 1. The summed E-state index contributed by atoms with van der Waals surface area (Å²) >= 11 is 0. The summed E-state index contributed by atoms with van der Waals surface area (Å²) in [5.74, 6) is -0.216. The Morgan fingerprint density at radius 2 is 2.12 bits per heavy atom. The predicted molar refractivity (Wildman–Crippen MR) is 91.5 cm³/mol. The van der Waals surface area contributed by atoms with Gasteiger partial charge >= 0.3 is 0 Å². The third-order valence-corrected chi connectivity index (χ3v) is 4.85. The molecular formula is C19H28FNO3. The van der Waals surface area contributed by atoms with Crippen molar-refractivity contribution in [3.63, 3.8) is 0 Å². The van der Waals surface area contributed by atoms with E-state index in [0.29, 0.717) is 26.1 Å². The zero-order valence-electron chi connectivity index (χ0n) is 14.9. The lowest BCUT2D eigenvalue weighted by Crippen LogP contribution is -2.51. The highest BCUT2D eigenvalue weighted by Crippen LogP contribution is 2.34. The van der Waals surface area contributed by atoms with Crippen LogP contribution in [0.5, 0.6) is 5.75 Å². The molecule has 1 aliphatic rings. The average Bonchev–Trinajstić information content (AvgIpc) is 2.60. The molecule has 2 rings (SSSR count). The Hall–Kier alpha value is -1.62. The molecule has 1 aromatic rings. The highest BCUT2D eigenvalue weighted by molar-refractivity contribution is 5.79. The van der Waals surface area contributed by atoms with Crippen LogP contribution in [0.25, 0.3) is 0 Å². The fourth-order valence-electron chi connectivity index (χ4n) is 3.17. The first-order chi connectivity index (χ1) is 11.5. The molecule has 0 bridgehead atoms. The fourth-order valence-corrected chi connectivity index (χ4v) is 3.17. The SMILES string of the molecule is CCCC[C@H](C)C(=O)NC1(c2ccc(OC)c(F)c2)CCOCC1. The molecule has 24 heavy (non-hydrogen) atoms. The van der Waals surface area contributed by atoms with Crippen LogP contribution in [0.2, 0.25) is 0 Å². The van der Waals surface area contributed by atoms with E-state index in [9.17, 15) is 9.18 Å². The first-order valence-corrected chi connectivity index (χ1v) is 8.76. The molecule has 5 heteroatoms. The van der Waals surface area contributed by atoms with Gasteiger partial charge in [-0.25, -0.2) is 4.39 Å². The highest BCUT2D eigenvalue weighted by atomic mass is 19.1. The lowest BCUT2D eigenvalue weighted by Gasteiger charge is -2.39. The number of carbonyl (C=O) groups excluding carboxylic acids is 1. The van der Waals surface area contributed by atoms with Crippen molar-refractivity contribution < 1.29 is 18.7 Å². The molecule has 1 heterocycles. The van der Waals surface area contributed by atoms with Gasteiger partial charge in [0.2, 0.25) is 5.91 Å². The summed E-state index contributed by atoms with van der Waals surface area (Å²) in [6.45, 7) is 5.17. The van der Waals surface area contributed by atoms with Crippen LogP contribution in [-0.4, -0.2) is 26.2 Å². The van der Waals surface area contributed by atoms with Crippen LogP contribution in [-0.2, 0) is 15.1 Å². The first kappa shape index (κ1) is 18.7. The van der Waals surface area contributed by atoms with Crippen molar-refractivity contribution in [3.8, 4) is 5.75 Å². The van der Waals surface area contributed by atoms with E-state index >= 15 is 0 Å². The monoisotopic (exact) mass is 337 g/mol. The molecule has 0 aromatic heterocycles. The number of hydrogen-bond acceptors (Lipinski definition) is 3. The zero-order valence-corrected chi connectivity index (χ0v) is 14.9. The van der Waals surface area contributed by atoms with Crippen LogP contribution in [0.4, 0.5) is 4.39 Å². The topological polar surface area (TPSA) is 47.6 Å². The summed E-state index contributed by atoms with van der Waals surface area (Å²) in [6, 6.07) is 4.93. The van der Waals surface area contributed by atoms with Gasteiger partial charge in [0.05, 0.1) is 12.6 Å². The van der Waals surface area contributed by atoms with Crippen LogP contribution >= 0.6 is 0 Å². The molecule has 1 amide bonds. The number of unbranched alkanes of at least 4 members (excludes halogenated alkanes) is 1. The van der Waals surface area contributed by atoms with E-state index in [-0.39, 0.29) is 17.6 Å². The molecule has 0 radical (unpaired) electrons. The van der Waals surface area contributed by atoms with E-state index in [4.69, 9.17) is 9.47 Å². The molecular weight excluding hydrogens is 309 g/mol. The molecule has 0 spiro atoms. The quantitative estimate of drug-likeness (QED) is 0.823. The van der Waals surface area contributed by atoms with E-state index in [2.05, 4.69) is 12.2 Å². The second kappa shape index (κ2) is 8.47. The highest BCUT2D eigenvalue weighted by Gasteiger charge is 2.37. The number of methoxy groups -OCH3 is 1. The second-order valence-electron chi connectivity index (χ2n) is 6.58. The summed E-state index contributed by atoms with van der Waals surface area (Å²) < 4.78 is 24.6. The van der Waals surface area contributed by atoms with Crippen LogP contribution in [0.3, 0.4) is 0 Å². The maximum absolute atomic E-state index is 14.2. The predicted octanol–water partition coefficient (Wildman–Crippen LogP) is 3.78. The third kappa shape index (κ3) is 4.26. The van der Waals surface area contributed by atoms with Gasteiger partial charge in [-0.15, -0.1) is 0 Å². The van der Waals surface area contributed by atoms with Gasteiger partial charge in [-0.3, -0.25) is 4.79 Å². The van der Waals surface area contributed by atoms with Gasteiger partial charge in [-0.2, -0.15) is 0 Å². The maximum Gasteiger partial charge on any atom is 0.223 e. The molecule has 0 unspecified atom stereocenters.